The third kappa shape index (κ3) is 4.24. The molecule has 0 aromatic carbocycles. The highest BCUT2D eigenvalue weighted by Gasteiger charge is 2.27. The van der Waals surface area contributed by atoms with Gasteiger partial charge in [0.05, 0.1) is 5.71 Å². The number of nitrogens with zero attached hydrogens (tertiary/aromatic N) is 2. The van der Waals surface area contributed by atoms with E-state index in [1.807, 2.05) is 27.7 Å². The average molecular weight is 242 g/mol. The fraction of sp³-hybridized carbons (Fsp3) is 0.833. The molecule has 1 amide bonds. The van der Waals surface area contributed by atoms with Crippen molar-refractivity contribution in [3.63, 3.8) is 0 Å². The highest BCUT2D eigenvalue weighted by Crippen LogP contribution is 2.20. The number of carbonyl (C=O) groups is 1. The Balaban J connectivity index is 2.44. The van der Waals surface area contributed by atoms with Gasteiger partial charge in [-0.15, -0.1) is 0 Å². The van der Waals surface area contributed by atoms with Gasteiger partial charge in [0.25, 0.3) is 0 Å². The lowest BCUT2D eigenvalue weighted by molar-refractivity contribution is 0.0201. The zero-order valence-electron chi connectivity index (χ0n) is 11.1. The fourth-order valence-electron chi connectivity index (χ4n) is 1.89. The van der Waals surface area contributed by atoms with Gasteiger partial charge in [0, 0.05) is 19.0 Å². The predicted octanol–water partition coefficient (Wildman–Crippen LogP) is 2.48. The van der Waals surface area contributed by atoms with Gasteiger partial charge < -0.3 is 14.8 Å². The van der Waals surface area contributed by atoms with Crippen molar-refractivity contribution in [1.82, 2.24) is 4.90 Å². The second-order valence-electron chi connectivity index (χ2n) is 5.48. The van der Waals surface area contributed by atoms with Crippen molar-refractivity contribution >= 4 is 11.8 Å². The Labute approximate surface area is 102 Å². The van der Waals surface area contributed by atoms with E-state index in [4.69, 9.17) is 9.94 Å². The maximum absolute atomic E-state index is 11.8. The minimum absolute atomic E-state index is 0.255. The minimum Gasteiger partial charge on any atom is -0.444 e. The summed E-state index contributed by atoms with van der Waals surface area (Å²) >= 11 is 0. The molecule has 1 heterocycles. The van der Waals surface area contributed by atoms with E-state index in [1.54, 1.807) is 4.90 Å². The monoisotopic (exact) mass is 242 g/mol. The SMILES string of the molecule is C/C(=N\O)C1CCN(C(=O)OC(C)(C)C)CC1. The molecule has 98 valence electrons. The Bertz CT molecular complexity index is 299. The zero-order chi connectivity index (χ0) is 13.1. The molecule has 1 aliphatic heterocycles. The lowest BCUT2D eigenvalue weighted by Gasteiger charge is -2.33. The molecule has 1 rings (SSSR count). The van der Waals surface area contributed by atoms with Gasteiger partial charge in [0.15, 0.2) is 0 Å². The third-order valence-electron chi connectivity index (χ3n) is 2.90. The molecule has 17 heavy (non-hydrogen) atoms. The summed E-state index contributed by atoms with van der Waals surface area (Å²) in [5.41, 5.74) is 0.296. The highest BCUT2D eigenvalue weighted by atomic mass is 16.6. The number of hydrogen-bond acceptors (Lipinski definition) is 4. The van der Waals surface area contributed by atoms with Crippen LogP contribution >= 0.6 is 0 Å². The minimum atomic E-state index is -0.448. The van der Waals surface area contributed by atoms with Crippen LogP contribution in [0.1, 0.15) is 40.5 Å². The van der Waals surface area contributed by atoms with Crippen LogP contribution in [0.25, 0.3) is 0 Å². The summed E-state index contributed by atoms with van der Waals surface area (Å²) in [6.45, 7) is 8.72. The van der Waals surface area contributed by atoms with E-state index < -0.39 is 5.60 Å². The molecule has 0 spiro atoms. The summed E-state index contributed by atoms with van der Waals surface area (Å²) in [7, 11) is 0. The molecule has 0 aliphatic carbocycles. The van der Waals surface area contributed by atoms with Crippen LogP contribution in [0.4, 0.5) is 4.79 Å². The molecule has 5 nitrogen and oxygen atoms in total. The van der Waals surface area contributed by atoms with E-state index in [-0.39, 0.29) is 12.0 Å². The van der Waals surface area contributed by atoms with E-state index in [0.29, 0.717) is 13.1 Å². The maximum Gasteiger partial charge on any atom is 0.410 e. The Kier molecular flexibility index (Phi) is 4.37. The molecule has 0 saturated carbocycles. The first kappa shape index (κ1) is 13.8. The molecule has 1 saturated heterocycles. The first-order valence-corrected chi connectivity index (χ1v) is 6.00. The molecule has 1 N–H and O–H groups in total. The molecule has 0 aromatic rings. The highest BCUT2D eigenvalue weighted by molar-refractivity contribution is 5.84. The zero-order valence-corrected chi connectivity index (χ0v) is 11.1. The van der Waals surface area contributed by atoms with Crippen LogP contribution in [0, 0.1) is 5.92 Å². The second kappa shape index (κ2) is 5.38. The van der Waals surface area contributed by atoms with Crippen molar-refractivity contribution < 1.29 is 14.7 Å². The van der Waals surface area contributed by atoms with Crippen LogP contribution < -0.4 is 0 Å². The lowest BCUT2D eigenvalue weighted by Crippen LogP contribution is -2.42. The van der Waals surface area contributed by atoms with Crippen molar-refractivity contribution in [2.24, 2.45) is 11.1 Å². The molecule has 0 bridgehead atoms. The van der Waals surface area contributed by atoms with Crippen molar-refractivity contribution in [3.05, 3.63) is 0 Å². The van der Waals surface area contributed by atoms with Gasteiger partial charge in [-0.1, -0.05) is 5.16 Å². The van der Waals surface area contributed by atoms with Gasteiger partial charge >= 0.3 is 6.09 Å². The van der Waals surface area contributed by atoms with Gasteiger partial charge in [0.1, 0.15) is 5.60 Å². The number of rotatable bonds is 1. The molecule has 1 fully saturated rings. The molecule has 0 atom stereocenters. The number of piperidine rings is 1. The van der Waals surface area contributed by atoms with E-state index in [2.05, 4.69) is 5.16 Å². The second-order valence-corrected chi connectivity index (χ2v) is 5.48. The van der Waals surface area contributed by atoms with Gasteiger partial charge in [-0.2, -0.15) is 0 Å². The predicted molar refractivity (Wildman–Crippen MR) is 65.4 cm³/mol. The third-order valence-corrected chi connectivity index (χ3v) is 2.90. The molecular weight excluding hydrogens is 220 g/mol. The van der Waals surface area contributed by atoms with Gasteiger partial charge in [0.2, 0.25) is 0 Å². The van der Waals surface area contributed by atoms with Gasteiger partial charge in [-0.25, -0.2) is 4.79 Å². The van der Waals surface area contributed by atoms with Crippen LogP contribution in [0.15, 0.2) is 5.16 Å². The number of likely N-dealkylation sites (tertiary alicyclic amines) is 1. The Hall–Kier alpha value is -1.26. The number of oxime groups is 1. The maximum atomic E-state index is 11.8. The van der Waals surface area contributed by atoms with Crippen molar-refractivity contribution in [2.45, 2.75) is 46.1 Å². The van der Waals surface area contributed by atoms with E-state index >= 15 is 0 Å². The Morgan fingerprint density at radius 3 is 2.29 bits per heavy atom. The molecule has 1 aliphatic rings. The van der Waals surface area contributed by atoms with E-state index in [1.165, 1.54) is 0 Å². The largest absolute Gasteiger partial charge is 0.444 e. The van der Waals surface area contributed by atoms with Gasteiger partial charge in [-0.05, 0) is 40.5 Å². The van der Waals surface area contributed by atoms with Crippen LogP contribution in [-0.2, 0) is 4.74 Å². The molecule has 5 heteroatoms. The van der Waals surface area contributed by atoms with Crippen LogP contribution in [0.3, 0.4) is 0 Å². The summed E-state index contributed by atoms with van der Waals surface area (Å²) in [4.78, 5) is 13.5. The first-order chi connectivity index (χ1) is 7.83. The lowest BCUT2D eigenvalue weighted by atomic mass is 9.93. The summed E-state index contributed by atoms with van der Waals surface area (Å²) in [6, 6.07) is 0. The number of carbonyl (C=O) groups excluding carboxylic acids is 1. The first-order valence-electron chi connectivity index (χ1n) is 6.00. The van der Waals surface area contributed by atoms with Crippen LogP contribution in [0.2, 0.25) is 0 Å². The van der Waals surface area contributed by atoms with Crippen LogP contribution in [0.5, 0.6) is 0 Å². The standard InChI is InChI=1S/C12H22N2O3/c1-9(13-16)10-5-7-14(8-6-10)11(15)17-12(2,3)4/h10,16H,5-8H2,1-4H3/b13-9+. The van der Waals surface area contributed by atoms with Crippen molar-refractivity contribution in [3.8, 4) is 0 Å². The molecule has 0 unspecified atom stereocenters. The summed E-state index contributed by atoms with van der Waals surface area (Å²) in [5.74, 6) is 0.277. The number of ether oxygens (including phenoxy) is 1. The summed E-state index contributed by atoms with van der Waals surface area (Å²) in [5, 5.41) is 11.9. The van der Waals surface area contributed by atoms with Crippen molar-refractivity contribution in [2.75, 3.05) is 13.1 Å². The quantitative estimate of drug-likeness (QED) is 0.436. The molecular formula is C12H22N2O3. The summed E-state index contributed by atoms with van der Waals surface area (Å²) < 4.78 is 5.31. The van der Waals surface area contributed by atoms with E-state index in [0.717, 1.165) is 18.6 Å². The summed E-state index contributed by atoms with van der Waals surface area (Å²) in [6.07, 6.45) is 1.40. The van der Waals surface area contributed by atoms with Gasteiger partial charge in [-0.3, -0.25) is 0 Å². The normalized spacial score (nSPS) is 19.3. The van der Waals surface area contributed by atoms with E-state index in [9.17, 15) is 4.79 Å². The fourth-order valence-corrected chi connectivity index (χ4v) is 1.89. The van der Waals surface area contributed by atoms with Crippen LogP contribution in [-0.4, -0.2) is 40.6 Å². The number of hydrogen-bond donors (Lipinski definition) is 1. The topological polar surface area (TPSA) is 62.1 Å². The average Bonchev–Trinajstić information content (AvgIpc) is 2.26. The Morgan fingerprint density at radius 2 is 1.88 bits per heavy atom. The van der Waals surface area contributed by atoms with Crippen molar-refractivity contribution in [1.29, 1.82) is 0 Å². The Morgan fingerprint density at radius 1 is 1.35 bits per heavy atom. The molecule has 0 radical (unpaired) electrons. The smallest absolute Gasteiger partial charge is 0.410 e. The number of amides is 1. The molecule has 0 aromatic heterocycles.